The van der Waals surface area contributed by atoms with E-state index < -0.39 is 0 Å². The average molecular weight is 413 g/mol. The molecule has 3 aliphatic heterocycles. The zero-order chi connectivity index (χ0) is 21.1. The highest BCUT2D eigenvalue weighted by molar-refractivity contribution is 5.92. The van der Waals surface area contributed by atoms with E-state index in [1.54, 1.807) is 6.08 Å². The first-order valence-corrected chi connectivity index (χ1v) is 11.3. The molecule has 6 nitrogen and oxygen atoms in total. The summed E-state index contributed by atoms with van der Waals surface area (Å²) in [6.07, 6.45) is 8.22. The van der Waals surface area contributed by atoms with Crippen LogP contribution in [0.5, 0.6) is 11.5 Å². The van der Waals surface area contributed by atoms with Crippen molar-refractivity contribution in [2.45, 2.75) is 52.1 Å². The van der Waals surface area contributed by atoms with E-state index in [9.17, 15) is 9.59 Å². The number of carbonyl (C=O) groups excluding carboxylic acids is 2. The molecule has 162 valence electrons. The van der Waals surface area contributed by atoms with Crippen LogP contribution in [0.4, 0.5) is 0 Å². The molecule has 1 atom stereocenters. The minimum atomic E-state index is -0.0145. The Labute approximate surface area is 178 Å². The van der Waals surface area contributed by atoms with Crippen molar-refractivity contribution in [1.82, 2.24) is 9.80 Å². The summed E-state index contributed by atoms with van der Waals surface area (Å²) in [7, 11) is 0. The number of piperidine rings is 1. The van der Waals surface area contributed by atoms with Gasteiger partial charge in [-0.05, 0) is 57.7 Å². The van der Waals surface area contributed by atoms with Crippen LogP contribution in [-0.2, 0) is 16.0 Å². The Kier molecular flexibility index (Phi) is 6.30. The molecular formula is C24H32N2O4. The fraction of sp³-hybridized carbons (Fsp3) is 0.583. The van der Waals surface area contributed by atoms with Crippen molar-refractivity contribution in [2.24, 2.45) is 5.92 Å². The second kappa shape index (κ2) is 9.11. The number of carbonyl (C=O) groups is 2. The molecule has 0 radical (unpaired) electrons. The number of amides is 2. The van der Waals surface area contributed by atoms with Gasteiger partial charge < -0.3 is 19.3 Å². The van der Waals surface area contributed by atoms with Gasteiger partial charge in [-0.2, -0.15) is 0 Å². The van der Waals surface area contributed by atoms with Gasteiger partial charge in [-0.15, -0.1) is 0 Å². The number of nitrogens with zero attached hydrogens (tertiary/aromatic N) is 2. The minimum Gasteiger partial charge on any atom is -0.493 e. The van der Waals surface area contributed by atoms with Gasteiger partial charge in [0.05, 0.1) is 6.61 Å². The summed E-state index contributed by atoms with van der Waals surface area (Å²) in [5.41, 5.74) is 2.01. The van der Waals surface area contributed by atoms with Crippen molar-refractivity contribution in [2.75, 3.05) is 32.8 Å². The van der Waals surface area contributed by atoms with Crippen molar-refractivity contribution in [1.29, 1.82) is 0 Å². The maximum Gasteiger partial charge on any atom is 0.246 e. The van der Waals surface area contributed by atoms with Crippen LogP contribution in [0.15, 0.2) is 18.2 Å². The van der Waals surface area contributed by atoms with Crippen LogP contribution in [-0.4, -0.2) is 60.5 Å². The first-order chi connectivity index (χ1) is 14.5. The van der Waals surface area contributed by atoms with Crippen molar-refractivity contribution >= 4 is 17.9 Å². The fourth-order valence-corrected chi connectivity index (χ4v) is 4.67. The molecule has 30 heavy (non-hydrogen) atoms. The van der Waals surface area contributed by atoms with Gasteiger partial charge in [-0.1, -0.05) is 0 Å². The van der Waals surface area contributed by atoms with Crippen molar-refractivity contribution in [3.05, 3.63) is 29.3 Å². The second-order valence-corrected chi connectivity index (χ2v) is 8.53. The van der Waals surface area contributed by atoms with Gasteiger partial charge >= 0.3 is 0 Å². The van der Waals surface area contributed by atoms with E-state index in [1.165, 1.54) is 0 Å². The second-order valence-electron chi connectivity index (χ2n) is 8.53. The van der Waals surface area contributed by atoms with Gasteiger partial charge in [-0.3, -0.25) is 9.59 Å². The monoisotopic (exact) mass is 412 g/mol. The van der Waals surface area contributed by atoms with Gasteiger partial charge in [-0.25, -0.2) is 0 Å². The number of hydrogen-bond donors (Lipinski definition) is 0. The molecule has 2 fully saturated rings. The smallest absolute Gasteiger partial charge is 0.246 e. The van der Waals surface area contributed by atoms with E-state index in [1.807, 2.05) is 34.9 Å². The molecule has 0 bridgehead atoms. The van der Waals surface area contributed by atoms with Gasteiger partial charge in [0.2, 0.25) is 11.8 Å². The van der Waals surface area contributed by atoms with Gasteiger partial charge in [0, 0.05) is 55.7 Å². The van der Waals surface area contributed by atoms with Crippen LogP contribution < -0.4 is 9.47 Å². The van der Waals surface area contributed by atoms with Crippen LogP contribution in [0.25, 0.3) is 6.08 Å². The van der Waals surface area contributed by atoms with Crippen LogP contribution in [0.2, 0.25) is 0 Å². The quantitative estimate of drug-likeness (QED) is 0.697. The highest BCUT2D eigenvalue weighted by Crippen LogP contribution is 2.35. The zero-order valence-corrected chi connectivity index (χ0v) is 18.1. The predicted octanol–water partition coefficient (Wildman–Crippen LogP) is 3.28. The normalized spacial score (nSPS) is 21.7. The topological polar surface area (TPSA) is 59.1 Å². The Morgan fingerprint density at radius 3 is 2.57 bits per heavy atom. The molecule has 1 aromatic carbocycles. The third-order valence-electron chi connectivity index (χ3n) is 6.31. The van der Waals surface area contributed by atoms with E-state index in [0.29, 0.717) is 19.7 Å². The Morgan fingerprint density at radius 1 is 1.13 bits per heavy atom. The molecule has 0 aliphatic carbocycles. The lowest BCUT2D eigenvalue weighted by molar-refractivity contribution is -0.138. The number of rotatable bonds is 5. The third-order valence-corrected chi connectivity index (χ3v) is 6.31. The van der Waals surface area contributed by atoms with E-state index in [0.717, 1.165) is 67.8 Å². The van der Waals surface area contributed by atoms with Crippen LogP contribution >= 0.6 is 0 Å². The summed E-state index contributed by atoms with van der Waals surface area (Å²) in [4.78, 5) is 29.2. The predicted molar refractivity (Wildman–Crippen MR) is 116 cm³/mol. The molecule has 1 aromatic rings. The lowest BCUT2D eigenvalue weighted by atomic mass is 9.95. The minimum absolute atomic E-state index is 0.0145. The standard InChI is InChI=1S/C24H32N2O4/c1-3-29-21-16-20-14-17(2)30-22(20)15-19(21)6-7-23(27)25-12-8-18(9-13-25)24(28)26-10-4-5-11-26/h6-7,15-18H,3-5,8-14H2,1-2H3/b7-6+. The van der Waals surface area contributed by atoms with Crippen molar-refractivity contribution in [3.63, 3.8) is 0 Å². The average Bonchev–Trinajstić information content (AvgIpc) is 3.40. The molecular weight excluding hydrogens is 380 g/mol. The Hall–Kier alpha value is -2.50. The molecule has 0 N–H and O–H groups in total. The molecule has 6 heteroatoms. The zero-order valence-electron chi connectivity index (χ0n) is 18.1. The lowest BCUT2D eigenvalue weighted by Crippen LogP contribution is -2.43. The van der Waals surface area contributed by atoms with Gasteiger partial charge in [0.25, 0.3) is 0 Å². The molecule has 0 spiro atoms. The first-order valence-electron chi connectivity index (χ1n) is 11.3. The van der Waals surface area contributed by atoms with Gasteiger partial charge in [0.15, 0.2) is 0 Å². The van der Waals surface area contributed by atoms with Crippen LogP contribution in [0.3, 0.4) is 0 Å². The van der Waals surface area contributed by atoms with E-state index in [4.69, 9.17) is 9.47 Å². The van der Waals surface area contributed by atoms with Gasteiger partial charge in [0.1, 0.15) is 17.6 Å². The third kappa shape index (κ3) is 4.47. The Morgan fingerprint density at radius 2 is 1.87 bits per heavy atom. The van der Waals surface area contributed by atoms with Crippen LogP contribution in [0, 0.1) is 5.92 Å². The number of fused-ring (bicyclic) bond motifs is 1. The highest BCUT2D eigenvalue weighted by Gasteiger charge is 2.30. The Bertz CT molecular complexity index is 821. The summed E-state index contributed by atoms with van der Waals surface area (Å²) >= 11 is 0. The summed E-state index contributed by atoms with van der Waals surface area (Å²) in [5.74, 6) is 1.99. The number of benzene rings is 1. The fourth-order valence-electron chi connectivity index (χ4n) is 4.67. The van der Waals surface area contributed by atoms with Crippen molar-refractivity contribution in [3.8, 4) is 11.5 Å². The first kappa shape index (κ1) is 20.8. The molecule has 3 aliphatic rings. The van der Waals surface area contributed by atoms with E-state index in [2.05, 4.69) is 6.92 Å². The summed E-state index contributed by atoms with van der Waals surface area (Å²) in [5, 5.41) is 0. The largest absolute Gasteiger partial charge is 0.493 e. The molecule has 0 aromatic heterocycles. The number of likely N-dealkylation sites (tertiary alicyclic amines) is 2. The van der Waals surface area contributed by atoms with Crippen LogP contribution in [0.1, 0.15) is 50.7 Å². The molecule has 0 saturated carbocycles. The molecule has 2 amide bonds. The molecule has 4 rings (SSSR count). The summed E-state index contributed by atoms with van der Waals surface area (Å²) < 4.78 is 11.6. The molecule has 2 saturated heterocycles. The number of ether oxygens (including phenoxy) is 2. The SMILES string of the molecule is CCOc1cc2c(cc1/C=C/C(=O)N1CCC(C(=O)N3CCCC3)CC1)OC(C)C2. The maximum absolute atomic E-state index is 12.7. The number of hydrogen-bond acceptors (Lipinski definition) is 4. The molecule has 3 heterocycles. The molecule has 1 unspecified atom stereocenters. The maximum atomic E-state index is 12.7. The summed E-state index contributed by atoms with van der Waals surface area (Å²) in [6.45, 7) is 7.64. The van der Waals surface area contributed by atoms with E-state index in [-0.39, 0.29) is 23.8 Å². The lowest BCUT2D eigenvalue weighted by Gasteiger charge is -2.32. The van der Waals surface area contributed by atoms with E-state index >= 15 is 0 Å². The van der Waals surface area contributed by atoms with Crippen molar-refractivity contribution < 1.29 is 19.1 Å². The Balaban J connectivity index is 1.37. The summed E-state index contributed by atoms with van der Waals surface area (Å²) in [6, 6.07) is 4.00. The highest BCUT2D eigenvalue weighted by atomic mass is 16.5.